The second-order valence-electron chi connectivity index (χ2n) is 5.00. The zero-order valence-corrected chi connectivity index (χ0v) is 13.2. The Kier molecular flexibility index (Phi) is 4.44. The lowest BCUT2D eigenvalue weighted by molar-refractivity contribution is -0.389. The Morgan fingerprint density at radius 2 is 2.00 bits per heavy atom. The van der Waals surface area contributed by atoms with Crippen LogP contribution in [0.5, 0.6) is 5.75 Å². The van der Waals surface area contributed by atoms with Crippen molar-refractivity contribution in [1.29, 1.82) is 0 Å². The van der Waals surface area contributed by atoms with Gasteiger partial charge in [0.15, 0.2) is 5.75 Å². The Labute approximate surface area is 145 Å². The van der Waals surface area contributed by atoms with Crippen LogP contribution >= 0.6 is 11.6 Å². The average molecular weight is 361 g/mol. The summed E-state index contributed by atoms with van der Waals surface area (Å²) in [6.07, 6.45) is 2.41. The largest absolute Gasteiger partial charge is 0.504 e. The molecule has 3 aromatic rings. The number of rotatable bonds is 4. The quantitative estimate of drug-likeness (QED) is 0.531. The molecule has 7 nitrogen and oxygen atoms in total. The standard InChI is InChI=1S/C16H10ClFN4O3/c17-9-1-2-12(18)11(5-9)13-7-14(15(23)8-20-13)21-10-3-4-19-16(6-10)22(24)25/h1-8,23H,(H,19,20,21). The van der Waals surface area contributed by atoms with E-state index in [0.717, 1.165) is 6.20 Å². The van der Waals surface area contributed by atoms with E-state index < -0.39 is 10.7 Å². The highest BCUT2D eigenvalue weighted by atomic mass is 35.5. The van der Waals surface area contributed by atoms with Crippen LogP contribution in [0.15, 0.2) is 48.8 Å². The highest BCUT2D eigenvalue weighted by Crippen LogP contribution is 2.32. The van der Waals surface area contributed by atoms with Crippen LogP contribution in [-0.2, 0) is 0 Å². The molecule has 2 aromatic heterocycles. The Morgan fingerprint density at radius 1 is 1.20 bits per heavy atom. The maximum Gasteiger partial charge on any atom is 0.365 e. The molecule has 3 rings (SSSR count). The second-order valence-corrected chi connectivity index (χ2v) is 5.43. The van der Waals surface area contributed by atoms with Gasteiger partial charge in [-0.05, 0) is 34.2 Å². The van der Waals surface area contributed by atoms with E-state index in [-0.39, 0.29) is 28.5 Å². The van der Waals surface area contributed by atoms with E-state index in [1.165, 1.54) is 42.6 Å². The van der Waals surface area contributed by atoms with Crippen molar-refractivity contribution in [3.05, 3.63) is 69.7 Å². The normalized spacial score (nSPS) is 10.5. The maximum atomic E-state index is 14.0. The van der Waals surface area contributed by atoms with E-state index >= 15 is 0 Å². The topological polar surface area (TPSA) is 101 Å². The highest BCUT2D eigenvalue weighted by Gasteiger charge is 2.13. The summed E-state index contributed by atoms with van der Waals surface area (Å²) in [7, 11) is 0. The summed E-state index contributed by atoms with van der Waals surface area (Å²) in [6.45, 7) is 0. The van der Waals surface area contributed by atoms with Crippen LogP contribution in [-0.4, -0.2) is 20.0 Å². The molecule has 0 aliphatic carbocycles. The number of benzene rings is 1. The Bertz CT molecular complexity index is 968. The molecule has 9 heteroatoms. The maximum absolute atomic E-state index is 14.0. The first kappa shape index (κ1) is 16.6. The number of nitrogens with zero attached hydrogens (tertiary/aromatic N) is 3. The number of halogens is 2. The van der Waals surface area contributed by atoms with Crippen molar-refractivity contribution in [2.45, 2.75) is 0 Å². The molecule has 2 heterocycles. The van der Waals surface area contributed by atoms with Gasteiger partial charge in [-0.25, -0.2) is 4.39 Å². The smallest absolute Gasteiger partial charge is 0.365 e. The highest BCUT2D eigenvalue weighted by molar-refractivity contribution is 6.30. The van der Waals surface area contributed by atoms with E-state index in [1.54, 1.807) is 0 Å². The number of aromatic nitrogens is 2. The molecule has 0 atom stereocenters. The van der Waals surface area contributed by atoms with Crippen molar-refractivity contribution in [2.75, 3.05) is 5.32 Å². The first-order valence-electron chi connectivity index (χ1n) is 6.96. The number of hydrogen-bond acceptors (Lipinski definition) is 6. The minimum Gasteiger partial charge on any atom is -0.504 e. The van der Waals surface area contributed by atoms with Crippen LogP contribution in [0.1, 0.15) is 0 Å². The van der Waals surface area contributed by atoms with Crippen LogP contribution in [0.2, 0.25) is 5.02 Å². The third-order valence-corrected chi connectivity index (χ3v) is 3.53. The van der Waals surface area contributed by atoms with Gasteiger partial charge in [-0.2, -0.15) is 0 Å². The van der Waals surface area contributed by atoms with E-state index in [1.807, 2.05) is 0 Å². The fraction of sp³-hybridized carbons (Fsp3) is 0. The summed E-state index contributed by atoms with van der Waals surface area (Å²) in [5, 5.41) is 23.9. The van der Waals surface area contributed by atoms with Gasteiger partial charge >= 0.3 is 5.82 Å². The molecule has 0 aliphatic rings. The van der Waals surface area contributed by atoms with Gasteiger partial charge in [0.2, 0.25) is 0 Å². The van der Waals surface area contributed by atoms with E-state index in [2.05, 4.69) is 15.3 Å². The molecular formula is C16H10ClFN4O3. The van der Waals surface area contributed by atoms with Gasteiger partial charge in [0.25, 0.3) is 0 Å². The molecule has 0 amide bonds. The van der Waals surface area contributed by atoms with Crippen molar-refractivity contribution in [1.82, 2.24) is 9.97 Å². The molecule has 0 radical (unpaired) electrons. The number of anilines is 2. The fourth-order valence-corrected chi connectivity index (χ4v) is 2.31. The lowest BCUT2D eigenvalue weighted by Gasteiger charge is -2.10. The predicted octanol–water partition coefficient (Wildman–Crippen LogP) is 4.29. The summed E-state index contributed by atoms with van der Waals surface area (Å²) in [6, 6.07) is 8.15. The van der Waals surface area contributed by atoms with Crippen molar-refractivity contribution in [3.8, 4) is 17.0 Å². The minimum atomic E-state index is -0.635. The average Bonchev–Trinajstić information content (AvgIpc) is 2.59. The number of nitrogens with one attached hydrogen (secondary N) is 1. The van der Waals surface area contributed by atoms with E-state index in [0.29, 0.717) is 10.7 Å². The molecule has 25 heavy (non-hydrogen) atoms. The van der Waals surface area contributed by atoms with Crippen molar-refractivity contribution in [2.24, 2.45) is 0 Å². The molecule has 2 N–H and O–H groups in total. The van der Waals surface area contributed by atoms with Crippen LogP contribution < -0.4 is 5.32 Å². The molecule has 0 aliphatic heterocycles. The number of nitro groups is 1. The third kappa shape index (κ3) is 3.64. The number of aromatic hydroxyl groups is 1. The minimum absolute atomic E-state index is 0.163. The SMILES string of the molecule is O=[N+]([O-])c1cc(Nc2cc(-c3cc(Cl)ccc3F)ncc2O)ccn1. The molecule has 0 unspecified atom stereocenters. The number of pyridine rings is 2. The molecule has 0 saturated carbocycles. The molecular weight excluding hydrogens is 351 g/mol. The number of hydrogen-bond donors (Lipinski definition) is 2. The van der Waals surface area contributed by atoms with Gasteiger partial charge in [-0.3, -0.25) is 4.98 Å². The Morgan fingerprint density at radius 3 is 2.76 bits per heavy atom. The van der Waals surface area contributed by atoms with Crippen molar-refractivity contribution >= 4 is 28.8 Å². The van der Waals surface area contributed by atoms with E-state index in [9.17, 15) is 19.6 Å². The van der Waals surface area contributed by atoms with Gasteiger partial charge in [0.1, 0.15) is 12.0 Å². The van der Waals surface area contributed by atoms with Gasteiger partial charge in [-0.1, -0.05) is 11.6 Å². The predicted molar refractivity (Wildman–Crippen MR) is 90.5 cm³/mol. The lowest BCUT2D eigenvalue weighted by Crippen LogP contribution is -1.97. The van der Waals surface area contributed by atoms with E-state index in [4.69, 9.17) is 11.6 Å². The Hall–Kier alpha value is -3.26. The van der Waals surface area contributed by atoms with Crippen molar-refractivity contribution < 1.29 is 14.4 Å². The van der Waals surface area contributed by atoms with Crippen LogP contribution in [0.25, 0.3) is 11.3 Å². The molecule has 0 spiro atoms. The summed E-state index contributed by atoms with van der Waals surface area (Å²) in [5.74, 6) is -1.07. The van der Waals surface area contributed by atoms with Gasteiger partial charge < -0.3 is 20.5 Å². The Balaban J connectivity index is 1.99. The zero-order chi connectivity index (χ0) is 18.0. The van der Waals surface area contributed by atoms with Crippen molar-refractivity contribution in [3.63, 3.8) is 0 Å². The van der Waals surface area contributed by atoms with Gasteiger partial charge in [-0.15, -0.1) is 0 Å². The molecule has 1 aromatic carbocycles. The summed E-state index contributed by atoms with van der Waals surface area (Å²) < 4.78 is 14.0. The molecule has 0 saturated heterocycles. The lowest BCUT2D eigenvalue weighted by atomic mass is 10.1. The summed E-state index contributed by atoms with van der Waals surface area (Å²) in [4.78, 5) is 17.7. The third-order valence-electron chi connectivity index (χ3n) is 3.30. The van der Waals surface area contributed by atoms with Gasteiger partial charge in [0, 0.05) is 16.7 Å². The first-order chi connectivity index (χ1) is 11.9. The zero-order valence-electron chi connectivity index (χ0n) is 12.5. The van der Waals surface area contributed by atoms with Crippen LogP contribution in [0, 0.1) is 15.9 Å². The van der Waals surface area contributed by atoms with Crippen LogP contribution in [0.4, 0.5) is 21.6 Å². The van der Waals surface area contributed by atoms with Gasteiger partial charge in [0.05, 0.1) is 29.3 Å². The summed E-state index contributed by atoms with van der Waals surface area (Å²) in [5.41, 5.74) is 0.936. The monoisotopic (exact) mass is 360 g/mol. The first-order valence-corrected chi connectivity index (χ1v) is 7.34. The molecule has 126 valence electrons. The molecule has 0 bridgehead atoms. The fourth-order valence-electron chi connectivity index (χ4n) is 2.14. The molecule has 0 fully saturated rings. The second kappa shape index (κ2) is 6.70. The summed E-state index contributed by atoms with van der Waals surface area (Å²) >= 11 is 5.88. The van der Waals surface area contributed by atoms with Crippen LogP contribution in [0.3, 0.4) is 0 Å².